The minimum absolute atomic E-state index is 0.260. The molecule has 2 aromatic rings. The molecule has 0 bridgehead atoms. The minimum atomic E-state index is -0.558. The van der Waals surface area contributed by atoms with Gasteiger partial charge >= 0.3 is 0 Å². The van der Waals surface area contributed by atoms with Gasteiger partial charge in [-0.3, -0.25) is 0 Å². The summed E-state index contributed by atoms with van der Waals surface area (Å²) in [6.07, 6.45) is 0.970. The predicted molar refractivity (Wildman–Crippen MR) is 72.9 cm³/mol. The summed E-state index contributed by atoms with van der Waals surface area (Å²) in [6, 6.07) is 11.6. The van der Waals surface area contributed by atoms with Crippen molar-refractivity contribution in [2.45, 2.75) is 18.2 Å². The fourth-order valence-electron chi connectivity index (χ4n) is 1.81. The standard InChI is InChI=1S/C15H13BrF2/c1-2-10-3-5-11(6-4-10)15(16)13-8-7-12(17)9-14(13)18/h3-9,15H,2H2,1H3. The molecule has 0 radical (unpaired) electrons. The average molecular weight is 311 g/mol. The second kappa shape index (κ2) is 5.61. The molecule has 0 heterocycles. The maximum absolute atomic E-state index is 13.7. The first-order chi connectivity index (χ1) is 8.61. The van der Waals surface area contributed by atoms with Crippen molar-refractivity contribution in [2.75, 3.05) is 0 Å². The SMILES string of the molecule is CCc1ccc(C(Br)c2ccc(F)cc2F)cc1. The van der Waals surface area contributed by atoms with E-state index in [0.717, 1.165) is 18.1 Å². The van der Waals surface area contributed by atoms with Gasteiger partial charge in [0.1, 0.15) is 11.6 Å². The van der Waals surface area contributed by atoms with Crippen LogP contribution in [0.1, 0.15) is 28.4 Å². The Hall–Kier alpha value is -1.22. The molecule has 3 heteroatoms. The van der Waals surface area contributed by atoms with E-state index >= 15 is 0 Å². The van der Waals surface area contributed by atoms with Crippen LogP contribution in [0.2, 0.25) is 0 Å². The Morgan fingerprint density at radius 2 is 1.72 bits per heavy atom. The molecule has 0 amide bonds. The highest BCUT2D eigenvalue weighted by atomic mass is 79.9. The Morgan fingerprint density at radius 1 is 1.06 bits per heavy atom. The highest BCUT2D eigenvalue weighted by molar-refractivity contribution is 9.09. The normalized spacial score (nSPS) is 12.4. The van der Waals surface area contributed by atoms with Gasteiger partial charge in [0.05, 0.1) is 4.83 Å². The van der Waals surface area contributed by atoms with Crippen molar-refractivity contribution in [3.63, 3.8) is 0 Å². The zero-order chi connectivity index (χ0) is 13.1. The third kappa shape index (κ3) is 2.78. The Balaban J connectivity index is 2.31. The molecule has 0 spiro atoms. The number of rotatable bonds is 3. The molecule has 0 nitrogen and oxygen atoms in total. The molecule has 0 saturated carbocycles. The van der Waals surface area contributed by atoms with Gasteiger partial charge in [-0.2, -0.15) is 0 Å². The smallest absolute Gasteiger partial charge is 0.130 e. The quantitative estimate of drug-likeness (QED) is 0.699. The predicted octanol–water partition coefficient (Wildman–Crippen LogP) is 5.01. The van der Waals surface area contributed by atoms with Gasteiger partial charge in [-0.1, -0.05) is 53.2 Å². The van der Waals surface area contributed by atoms with Gasteiger partial charge in [-0.25, -0.2) is 8.78 Å². The van der Waals surface area contributed by atoms with Crippen LogP contribution in [0.25, 0.3) is 0 Å². The molecule has 1 unspecified atom stereocenters. The number of benzene rings is 2. The van der Waals surface area contributed by atoms with E-state index in [9.17, 15) is 8.78 Å². The van der Waals surface area contributed by atoms with Crippen LogP contribution in [0.4, 0.5) is 8.78 Å². The van der Waals surface area contributed by atoms with Gasteiger partial charge < -0.3 is 0 Å². The molecule has 18 heavy (non-hydrogen) atoms. The summed E-state index contributed by atoms with van der Waals surface area (Å²) in [6.45, 7) is 2.08. The molecule has 0 N–H and O–H groups in total. The van der Waals surface area contributed by atoms with Crippen molar-refractivity contribution in [1.29, 1.82) is 0 Å². The minimum Gasteiger partial charge on any atom is -0.207 e. The summed E-state index contributed by atoms with van der Waals surface area (Å²) in [7, 11) is 0. The lowest BCUT2D eigenvalue weighted by molar-refractivity contribution is 0.574. The van der Waals surface area contributed by atoms with Crippen LogP contribution in [-0.4, -0.2) is 0 Å². The first kappa shape index (κ1) is 13.2. The number of hydrogen-bond acceptors (Lipinski definition) is 0. The van der Waals surface area contributed by atoms with Crippen LogP contribution in [0.3, 0.4) is 0 Å². The van der Waals surface area contributed by atoms with Gasteiger partial charge in [-0.15, -0.1) is 0 Å². The van der Waals surface area contributed by atoms with Crippen LogP contribution in [0, 0.1) is 11.6 Å². The lowest BCUT2D eigenvalue weighted by Crippen LogP contribution is -1.97. The van der Waals surface area contributed by atoms with Crippen LogP contribution < -0.4 is 0 Å². The van der Waals surface area contributed by atoms with Crippen molar-refractivity contribution >= 4 is 15.9 Å². The van der Waals surface area contributed by atoms with E-state index in [4.69, 9.17) is 0 Å². The average Bonchev–Trinajstić information content (AvgIpc) is 2.38. The summed E-state index contributed by atoms with van der Waals surface area (Å²) in [5.74, 6) is -1.09. The Kier molecular flexibility index (Phi) is 4.12. The summed E-state index contributed by atoms with van der Waals surface area (Å²) >= 11 is 3.45. The molecule has 0 aliphatic heterocycles. The first-order valence-electron chi connectivity index (χ1n) is 5.79. The van der Waals surface area contributed by atoms with Crippen LogP contribution in [0.5, 0.6) is 0 Å². The number of alkyl halides is 1. The summed E-state index contributed by atoms with van der Waals surface area (Å²) in [5, 5.41) is 0. The molecular formula is C15H13BrF2. The third-order valence-electron chi connectivity index (χ3n) is 2.92. The molecular weight excluding hydrogens is 298 g/mol. The van der Waals surface area contributed by atoms with Gasteiger partial charge in [0, 0.05) is 11.6 Å². The van der Waals surface area contributed by atoms with Crippen molar-refractivity contribution < 1.29 is 8.78 Å². The van der Waals surface area contributed by atoms with E-state index < -0.39 is 11.6 Å². The number of halogens is 3. The highest BCUT2D eigenvalue weighted by Gasteiger charge is 2.15. The summed E-state index contributed by atoms with van der Waals surface area (Å²) < 4.78 is 26.5. The molecule has 0 aliphatic rings. The Morgan fingerprint density at radius 3 is 2.28 bits per heavy atom. The Bertz CT molecular complexity index is 535. The van der Waals surface area contributed by atoms with E-state index in [2.05, 4.69) is 22.9 Å². The zero-order valence-electron chi connectivity index (χ0n) is 9.96. The second-order valence-electron chi connectivity index (χ2n) is 4.12. The first-order valence-corrected chi connectivity index (χ1v) is 6.71. The number of aryl methyl sites for hydroxylation is 1. The lowest BCUT2D eigenvalue weighted by Gasteiger charge is -2.12. The molecule has 94 valence electrons. The lowest BCUT2D eigenvalue weighted by atomic mass is 10.0. The van der Waals surface area contributed by atoms with E-state index in [-0.39, 0.29) is 4.83 Å². The fourth-order valence-corrected chi connectivity index (χ4v) is 2.49. The highest BCUT2D eigenvalue weighted by Crippen LogP contribution is 2.32. The van der Waals surface area contributed by atoms with Gasteiger partial charge in [0.15, 0.2) is 0 Å². The van der Waals surface area contributed by atoms with Gasteiger partial charge in [-0.05, 0) is 23.6 Å². The van der Waals surface area contributed by atoms with E-state index in [0.29, 0.717) is 5.56 Å². The van der Waals surface area contributed by atoms with Crippen LogP contribution in [0.15, 0.2) is 42.5 Å². The number of hydrogen-bond donors (Lipinski definition) is 0. The van der Waals surface area contributed by atoms with Crippen molar-refractivity contribution in [2.24, 2.45) is 0 Å². The van der Waals surface area contributed by atoms with Gasteiger partial charge in [0.25, 0.3) is 0 Å². The maximum atomic E-state index is 13.7. The van der Waals surface area contributed by atoms with E-state index in [1.54, 1.807) is 0 Å². The zero-order valence-corrected chi connectivity index (χ0v) is 11.5. The third-order valence-corrected chi connectivity index (χ3v) is 3.94. The molecule has 0 saturated heterocycles. The van der Waals surface area contributed by atoms with Crippen LogP contribution >= 0.6 is 15.9 Å². The molecule has 0 aromatic heterocycles. The molecule has 2 aromatic carbocycles. The monoisotopic (exact) mass is 310 g/mol. The van der Waals surface area contributed by atoms with Crippen molar-refractivity contribution in [3.05, 3.63) is 70.8 Å². The topological polar surface area (TPSA) is 0 Å². The van der Waals surface area contributed by atoms with Crippen molar-refractivity contribution in [1.82, 2.24) is 0 Å². The molecule has 1 atom stereocenters. The van der Waals surface area contributed by atoms with Gasteiger partial charge in [0.2, 0.25) is 0 Å². The second-order valence-corrected chi connectivity index (χ2v) is 5.04. The summed E-state index contributed by atoms with van der Waals surface area (Å²) in [5.41, 5.74) is 2.64. The molecule has 0 aliphatic carbocycles. The fraction of sp³-hybridized carbons (Fsp3) is 0.200. The van der Waals surface area contributed by atoms with E-state index in [1.807, 2.05) is 24.3 Å². The maximum Gasteiger partial charge on any atom is 0.130 e. The largest absolute Gasteiger partial charge is 0.207 e. The summed E-state index contributed by atoms with van der Waals surface area (Å²) in [4.78, 5) is -0.260. The molecule has 0 fully saturated rings. The van der Waals surface area contributed by atoms with Crippen LogP contribution in [-0.2, 0) is 6.42 Å². The van der Waals surface area contributed by atoms with E-state index in [1.165, 1.54) is 17.7 Å². The van der Waals surface area contributed by atoms with Crippen molar-refractivity contribution in [3.8, 4) is 0 Å². The Labute approximate surface area is 114 Å². The molecule has 2 rings (SSSR count).